The number of pyridine rings is 1. The van der Waals surface area contributed by atoms with Crippen LogP contribution in [-0.4, -0.2) is 9.78 Å². The smallest absolute Gasteiger partial charge is 0.214 e. The van der Waals surface area contributed by atoms with E-state index >= 15 is 0 Å². The Hall–Kier alpha value is -1.17. The van der Waals surface area contributed by atoms with E-state index in [1.165, 1.54) is 10.9 Å². The van der Waals surface area contributed by atoms with Crippen molar-refractivity contribution in [2.45, 2.75) is 0 Å². The summed E-state index contributed by atoms with van der Waals surface area (Å²) in [6.07, 6.45) is 4.84. The molecule has 0 radical (unpaired) electrons. The monoisotopic (exact) mass is 374 g/mol. The van der Waals surface area contributed by atoms with Crippen molar-refractivity contribution in [1.82, 2.24) is 9.78 Å². The molecule has 2 heterocycles. The minimum absolute atomic E-state index is 0.276. The van der Waals surface area contributed by atoms with Crippen molar-refractivity contribution in [3.05, 3.63) is 51.1 Å². The van der Waals surface area contributed by atoms with Crippen LogP contribution in [0.4, 0.5) is 4.39 Å². The van der Waals surface area contributed by atoms with Gasteiger partial charge in [-0.2, -0.15) is 9.49 Å². The lowest BCUT2D eigenvalue weighted by Gasteiger charge is -2.07. The molecule has 0 aliphatic rings. The van der Waals surface area contributed by atoms with Crippen LogP contribution in [0, 0.1) is 5.82 Å². The van der Waals surface area contributed by atoms with Crippen molar-refractivity contribution in [1.29, 1.82) is 0 Å². The number of fused-ring (bicyclic) bond motifs is 1. The molecule has 1 aromatic carbocycles. The highest BCUT2D eigenvalue weighted by atomic mass is 79.9. The zero-order valence-electron chi connectivity index (χ0n) is 10.2. The number of halogens is 4. The first-order chi connectivity index (χ1) is 9.45. The maximum Gasteiger partial charge on any atom is 0.214 e. The normalized spacial score (nSPS) is 11.2. The van der Waals surface area contributed by atoms with Crippen LogP contribution in [0.15, 0.2) is 35.2 Å². The second-order valence-electron chi connectivity index (χ2n) is 4.37. The van der Waals surface area contributed by atoms with Crippen molar-refractivity contribution in [3.63, 3.8) is 0 Å². The van der Waals surface area contributed by atoms with E-state index in [9.17, 15) is 4.39 Å². The molecule has 0 saturated carbocycles. The Morgan fingerprint density at radius 2 is 1.90 bits per heavy atom. The Labute approximate surface area is 132 Å². The highest BCUT2D eigenvalue weighted by Gasteiger charge is 2.16. The van der Waals surface area contributed by atoms with Gasteiger partial charge in [-0.25, -0.2) is 9.25 Å². The molecule has 102 valence electrons. The summed E-state index contributed by atoms with van der Waals surface area (Å²) >= 11 is 15.7. The van der Waals surface area contributed by atoms with Gasteiger partial charge in [0.1, 0.15) is 18.3 Å². The highest BCUT2D eigenvalue weighted by molar-refractivity contribution is 9.10. The molecule has 0 spiro atoms. The molecule has 0 saturated heterocycles. The molecule has 0 aliphatic carbocycles. The van der Waals surface area contributed by atoms with Gasteiger partial charge in [0.25, 0.3) is 0 Å². The third-order valence-corrected chi connectivity index (χ3v) is 3.87. The highest BCUT2D eigenvalue weighted by Crippen LogP contribution is 2.32. The summed E-state index contributed by atoms with van der Waals surface area (Å²) in [6, 6.07) is 3.43. The van der Waals surface area contributed by atoms with Gasteiger partial charge in [0.2, 0.25) is 12.0 Å². The minimum Gasteiger partial charge on any atom is -0.236 e. The Bertz CT molecular complexity index is 809. The number of aromatic nitrogens is 3. The van der Waals surface area contributed by atoms with Gasteiger partial charge < -0.3 is 0 Å². The molecular formula is C13H8BrCl2FN3+. The van der Waals surface area contributed by atoms with Gasteiger partial charge in [-0.3, -0.25) is 0 Å². The summed E-state index contributed by atoms with van der Waals surface area (Å²) in [7, 11) is 1.75. The van der Waals surface area contributed by atoms with Crippen molar-refractivity contribution in [2.75, 3.05) is 0 Å². The van der Waals surface area contributed by atoms with Crippen molar-refractivity contribution in [3.8, 4) is 5.69 Å². The summed E-state index contributed by atoms with van der Waals surface area (Å²) in [5.41, 5.74) is 0.799. The first-order valence-corrected chi connectivity index (χ1v) is 7.19. The van der Waals surface area contributed by atoms with Crippen LogP contribution in [0.25, 0.3) is 16.6 Å². The van der Waals surface area contributed by atoms with Crippen molar-refractivity contribution in [2.24, 2.45) is 7.05 Å². The molecule has 2 aromatic heterocycles. The largest absolute Gasteiger partial charge is 0.236 e. The van der Waals surface area contributed by atoms with Gasteiger partial charge in [0.05, 0.1) is 15.4 Å². The Balaban J connectivity index is 2.28. The summed E-state index contributed by atoms with van der Waals surface area (Å²) in [5.74, 6) is -0.395. The lowest BCUT2D eigenvalue weighted by Crippen LogP contribution is -2.27. The van der Waals surface area contributed by atoms with Gasteiger partial charge in [-0.15, -0.1) is 0 Å². The van der Waals surface area contributed by atoms with Gasteiger partial charge in [0, 0.05) is 10.7 Å². The second-order valence-corrected chi connectivity index (χ2v) is 6.10. The van der Waals surface area contributed by atoms with E-state index in [1.807, 2.05) is 0 Å². The van der Waals surface area contributed by atoms with Crippen molar-refractivity contribution < 1.29 is 8.96 Å². The van der Waals surface area contributed by atoms with E-state index in [1.54, 1.807) is 36.1 Å². The average Bonchev–Trinajstić information content (AvgIpc) is 2.71. The summed E-state index contributed by atoms with van der Waals surface area (Å²) in [4.78, 5) is 0. The van der Waals surface area contributed by atoms with Gasteiger partial charge >= 0.3 is 0 Å². The Morgan fingerprint density at radius 1 is 1.25 bits per heavy atom. The van der Waals surface area contributed by atoms with Gasteiger partial charge in [0.15, 0.2) is 6.20 Å². The molecule has 0 fully saturated rings. The van der Waals surface area contributed by atoms with Crippen molar-refractivity contribution >= 4 is 50.0 Å². The first-order valence-electron chi connectivity index (χ1n) is 5.65. The molecule has 0 bridgehead atoms. The van der Waals surface area contributed by atoms with Crippen LogP contribution in [0.2, 0.25) is 10.0 Å². The van der Waals surface area contributed by atoms with E-state index < -0.39 is 5.82 Å². The number of hydrogen-bond donors (Lipinski definition) is 0. The van der Waals surface area contributed by atoms with E-state index in [0.717, 1.165) is 4.47 Å². The van der Waals surface area contributed by atoms with Crippen LogP contribution in [0.1, 0.15) is 0 Å². The topological polar surface area (TPSA) is 21.7 Å². The predicted molar refractivity (Wildman–Crippen MR) is 79.9 cm³/mol. The molecule has 20 heavy (non-hydrogen) atoms. The average molecular weight is 376 g/mol. The second kappa shape index (κ2) is 4.98. The molecule has 3 rings (SSSR count). The van der Waals surface area contributed by atoms with Crippen LogP contribution >= 0.6 is 39.1 Å². The van der Waals surface area contributed by atoms with Gasteiger partial charge in [-0.1, -0.05) is 39.1 Å². The quantitative estimate of drug-likeness (QED) is 0.588. The SMILES string of the molecule is C[n+]1cc(F)c2nn(-c3c(Cl)cc(Br)cc3Cl)cc2c1. The standard InChI is InChI=1S/C13H8BrCl2FN3/c1-19-4-7-5-20(18-12(7)11(17)6-19)13-9(15)2-8(14)3-10(13)16/h2-6H,1H3/q+1. The van der Waals surface area contributed by atoms with E-state index in [-0.39, 0.29) is 5.52 Å². The zero-order valence-corrected chi connectivity index (χ0v) is 13.3. The fourth-order valence-corrected chi connectivity index (χ4v) is 3.41. The van der Waals surface area contributed by atoms with E-state index in [4.69, 9.17) is 23.2 Å². The minimum atomic E-state index is -0.395. The molecule has 0 aliphatic heterocycles. The molecule has 0 unspecified atom stereocenters. The molecule has 0 atom stereocenters. The van der Waals surface area contributed by atoms with Crippen LogP contribution in [-0.2, 0) is 7.05 Å². The molecule has 3 nitrogen and oxygen atoms in total. The first kappa shape index (κ1) is 13.8. The predicted octanol–water partition coefficient (Wildman–Crippen LogP) is 4.06. The van der Waals surface area contributed by atoms with Crippen LogP contribution in [0.5, 0.6) is 0 Å². The maximum absolute atomic E-state index is 13.9. The number of benzene rings is 1. The zero-order chi connectivity index (χ0) is 14.4. The Morgan fingerprint density at radius 3 is 2.55 bits per heavy atom. The van der Waals surface area contributed by atoms with Crippen LogP contribution in [0.3, 0.4) is 0 Å². The lowest BCUT2D eigenvalue weighted by molar-refractivity contribution is -0.671. The number of rotatable bonds is 1. The van der Waals surface area contributed by atoms with E-state index in [0.29, 0.717) is 21.1 Å². The van der Waals surface area contributed by atoms with Crippen LogP contribution < -0.4 is 4.57 Å². The molecule has 7 heteroatoms. The molecule has 3 aromatic rings. The number of hydrogen-bond acceptors (Lipinski definition) is 1. The maximum atomic E-state index is 13.9. The number of aryl methyl sites for hydroxylation is 1. The van der Waals surface area contributed by atoms with E-state index in [2.05, 4.69) is 21.0 Å². The lowest BCUT2D eigenvalue weighted by atomic mass is 10.3. The fourth-order valence-electron chi connectivity index (χ4n) is 2.03. The summed E-state index contributed by atoms with van der Waals surface area (Å²) < 4.78 is 17.8. The Kier molecular flexibility index (Phi) is 3.44. The summed E-state index contributed by atoms with van der Waals surface area (Å²) in [5, 5.41) is 5.75. The van der Waals surface area contributed by atoms with Gasteiger partial charge in [-0.05, 0) is 12.1 Å². The fraction of sp³-hybridized carbons (Fsp3) is 0.0769. The molecule has 0 amide bonds. The molecule has 0 N–H and O–H groups in total. The third kappa shape index (κ3) is 2.30. The molecular weight excluding hydrogens is 368 g/mol. The summed E-state index contributed by atoms with van der Waals surface area (Å²) in [6.45, 7) is 0. The number of nitrogens with zero attached hydrogens (tertiary/aromatic N) is 3. The third-order valence-electron chi connectivity index (χ3n) is 2.84.